The maximum Gasteiger partial charge on any atom is 0.258 e. The molecule has 0 bridgehead atoms. The number of ether oxygens (including phenoxy) is 1. The second-order valence-corrected chi connectivity index (χ2v) is 5.34. The van der Waals surface area contributed by atoms with E-state index in [2.05, 4.69) is 5.32 Å². The minimum atomic E-state index is -0.201. The number of amides is 1. The standard InChI is InChI=1S/C15H22N2O2.ClH/c1-12-5-4-6-13(9-12)19-10-14(18)17-15(11-16)7-2-3-8-15;/h4-6,9H,2-3,7-8,10-11,16H2,1H3,(H,17,18);1H. The highest BCUT2D eigenvalue weighted by molar-refractivity contribution is 5.85. The molecule has 2 rings (SSSR count). The Morgan fingerprint density at radius 2 is 2.10 bits per heavy atom. The van der Waals surface area contributed by atoms with Crippen molar-refractivity contribution in [3.8, 4) is 5.75 Å². The highest BCUT2D eigenvalue weighted by Crippen LogP contribution is 2.28. The smallest absolute Gasteiger partial charge is 0.258 e. The highest BCUT2D eigenvalue weighted by Gasteiger charge is 2.33. The van der Waals surface area contributed by atoms with E-state index < -0.39 is 0 Å². The van der Waals surface area contributed by atoms with E-state index in [4.69, 9.17) is 10.5 Å². The Bertz CT molecular complexity index is 445. The van der Waals surface area contributed by atoms with Crippen LogP contribution in [0, 0.1) is 6.92 Å². The molecule has 1 amide bonds. The average molecular weight is 299 g/mol. The molecule has 1 aliphatic carbocycles. The maximum atomic E-state index is 11.9. The number of hydrogen-bond donors (Lipinski definition) is 2. The molecule has 0 aromatic heterocycles. The lowest BCUT2D eigenvalue weighted by molar-refractivity contribution is -0.124. The molecule has 0 radical (unpaired) electrons. The van der Waals surface area contributed by atoms with Crippen LogP contribution in [0.15, 0.2) is 24.3 Å². The quantitative estimate of drug-likeness (QED) is 0.876. The Balaban J connectivity index is 0.00000200. The fourth-order valence-electron chi connectivity index (χ4n) is 2.62. The molecule has 0 unspecified atom stereocenters. The zero-order chi connectivity index (χ0) is 13.7. The van der Waals surface area contributed by atoms with Crippen LogP contribution in [0.3, 0.4) is 0 Å². The van der Waals surface area contributed by atoms with Gasteiger partial charge in [-0.3, -0.25) is 4.79 Å². The predicted molar refractivity (Wildman–Crippen MR) is 82.3 cm³/mol. The summed E-state index contributed by atoms with van der Waals surface area (Å²) in [5.41, 5.74) is 6.71. The molecule has 1 aromatic carbocycles. The van der Waals surface area contributed by atoms with Gasteiger partial charge in [0.25, 0.3) is 5.91 Å². The number of aryl methyl sites for hydroxylation is 1. The van der Waals surface area contributed by atoms with Crippen molar-refractivity contribution in [3.05, 3.63) is 29.8 Å². The monoisotopic (exact) mass is 298 g/mol. The van der Waals surface area contributed by atoms with E-state index in [0.29, 0.717) is 6.54 Å². The molecule has 0 aliphatic heterocycles. The van der Waals surface area contributed by atoms with E-state index >= 15 is 0 Å². The van der Waals surface area contributed by atoms with Crippen molar-refractivity contribution in [2.75, 3.05) is 13.2 Å². The van der Waals surface area contributed by atoms with Crippen molar-refractivity contribution in [2.45, 2.75) is 38.1 Å². The number of nitrogens with two attached hydrogens (primary N) is 1. The van der Waals surface area contributed by atoms with Gasteiger partial charge in [0.05, 0.1) is 5.54 Å². The van der Waals surface area contributed by atoms with E-state index in [1.807, 2.05) is 31.2 Å². The third kappa shape index (κ3) is 4.39. The van der Waals surface area contributed by atoms with E-state index in [9.17, 15) is 4.79 Å². The van der Waals surface area contributed by atoms with E-state index in [1.165, 1.54) is 0 Å². The topological polar surface area (TPSA) is 64.3 Å². The predicted octanol–water partition coefficient (Wildman–Crippen LogP) is 2.18. The zero-order valence-corrected chi connectivity index (χ0v) is 12.7. The number of carbonyl (C=O) groups excluding carboxylic acids is 1. The summed E-state index contributed by atoms with van der Waals surface area (Å²) in [5, 5.41) is 3.04. The van der Waals surface area contributed by atoms with Gasteiger partial charge < -0.3 is 15.8 Å². The minimum Gasteiger partial charge on any atom is -0.484 e. The van der Waals surface area contributed by atoms with Crippen molar-refractivity contribution in [3.63, 3.8) is 0 Å². The van der Waals surface area contributed by atoms with Gasteiger partial charge >= 0.3 is 0 Å². The van der Waals surface area contributed by atoms with Crippen LogP contribution in [0.4, 0.5) is 0 Å². The van der Waals surface area contributed by atoms with Gasteiger partial charge in [-0.15, -0.1) is 12.4 Å². The normalized spacial score (nSPS) is 16.3. The Morgan fingerprint density at radius 3 is 2.70 bits per heavy atom. The third-order valence-electron chi connectivity index (χ3n) is 3.72. The van der Waals surface area contributed by atoms with Crippen LogP contribution in [0.5, 0.6) is 5.75 Å². The van der Waals surface area contributed by atoms with Gasteiger partial charge in [-0.25, -0.2) is 0 Å². The summed E-state index contributed by atoms with van der Waals surface area (Å²) in [6.07, 6.45) is 4.21. The van der Waals surface area contributed by atoms with Crippen LogP contribution in [-0.2, 0) is 4.79 Å². The van der Waals surface area contributed by atoms with Crippen molar-refractivity contribution < 1.29 is 9.53 Å². The number of benzene rings is 1. The number of halogens is 1. The molecule has 1 fully saturated rings. The van der Waals surface area contributed by atoms with Gasteiger partial charge in [0, 0.05) is 6.54 Å². The molecule has 4 nitrogen and oxygen atoms in total. The van der Waals surface area contributed by atoms with Crippen LogP contribution < -0.4 is 15.8 Å². The van der Waals surface area contributed by atoms with Gasteiger partial charge in [-0.2, -0.15) is 0 Å². The minimum absolute atomic E-state index is 0. The first-order chi connectivity index (χ1) is 9.13. The van der Waals surface area contributed by atoms with Crippen LogP contribution in [0.2, 0.25) is 0 Å². The summed E-state index contributed by atoms with van der Waals surface area (Å²) >= 11 is 0. The van der Waals surface area contributed by atoms with Crippen molar-refractivity contribution in [1.29, 1.82) is 0 Å². The largest absolute Gasteiger partial charge is 0.484 e. The molecule has 0 spiro atoms. The molecule has 5 heteroatoms. The number of nitrogens with one attached hydrogen (secondary N) is 1. The first kappa shape index (κ1) is 16.8. The van der Waals surface area contributed by atoms with Crippen LogP contribution in [-0.4, -0.2) is 24.6 Å². The lowest BCUT2D eigenvalue weighted by atomic mass is 9.98. The van der Waals surface area contributed by atoms with Gasteiger partial charge in [-0.05, 0) is 37.5 Å². The van der Waals surface area contributed by atoms with Gasteiger partial charge in [0.1, 0.15) is 5.75 Å². The van der Waals surface area contributed by atoms with Gasteiger partial charge in [0.15, 0.2) is 6.61 Å². The summed E-state index contributed by atoms with van der Waals surface area (Å²) in [6, 6.07) is 7.69. The molecule has 0 saturated heterocycles. The Labute approximate surface area is 126 Å². The van der Waals surface area contributed by atoms with Crippen LogP contribution in [0.1, 0.15) is 31.2 Å². The summed E-state index contributed by atoms with van der Waals surface area (Å²) < 4.78 is 5.50. The first-order valence-corrected chi connectivity index (χ1v) is 6.84. The summed E-state index contributed by atoms with van der Waals surface area (Å²) in [6.45, 7) is 2.54. The van der Waals surface area contributed by atoms with Gasteiger partial charge in [-0.1, -0.05) is 25.0 Å². The SMILES string of the molecule is Cc1cccc(OCC(=O)NC2(CN)CCCC2)c1.Cl. The highest BCUT2D eigenvalue weighted by atomic mass is 35.5. The first-order valence-electron chi connectivity index (χ1n) is 6.84. The van der Waals surface area contributed by atoms with E-state index in [1.54, 1.807) is 0 Å². The number of carbonyl (C=O) groups is 1. The molecule has 1 aliphatic rings. The molecule has 112 valence electrons. The van der Waals surface area contributed by atoms with Crippen molar-refractivity contribution >= 4 is 18.3 Å². The zero-order valence-electron chi connectivity index (χ0n) is 11.9. The summed E-state index contributed by atoms with van der Waals surface area (Å²) in [5.74, 6) is 0.636. The molecule has 1 saturated carbocycles. The Hall–Kier alpha value is -1.26. The second-order valence-electron chi connectivity index (χ2n) is 5.34. The Kier molecular flexibility index (Phi) is 6.30. The van der Waals surface area contributed by atoms with Crippen LogP contribution in [0.25, 0.3) is 0 Å². The summed E-state index contributed by atoms with van der Waals surface area (Å²) in [7, 11) is 0. The van der Waals surface area contributed by atoms with E-state index in [0.717, 1.165) is 37.0 Å². The molecule has 3 N–H and O–H groups in total. The average Bonchev–Trinajstić information content (AvgIpc) is 2.86. The van der Waals surface area contributed by atoms with Gasteiger partial charge in [0.2, 0.25) is 0 Å². The van der Waals surface area contributed by atoms with Crippen molar-refractivity contribution in [2.24, 2.45) is 5.73 Å². The molecular formula is C15H23ClN2O2. The van der Waals surface area contributed by atoms with E-state index in [-0.39, 0.29) is 30.5 Å². The third-order valence-corrected chi connectivity index (χ3v) is 3.72. The second kappa shape index (κ2) is 7.50. The van der Waals surface area contributed by atoms with Crippen molar-refractivity contribution in [1.82, 2.24) is 5.32 Å². The lowest BCUT2D eigenvalue weighted by Crippen LogP contribution is -2.52. The fourth-order valence-corrected chi connectivity index (χ4v) is 2.62. The molecule has 20 heavy (non-hydrogen) atoms. The molecule has 0 atom stereocenters. The lowest BCUT2D eigenvalue weighted by Gasteiger charge is -2.28. The summed E-state index contributed by atoms with van der Waals surface area (Å²) in [4.78, 5) is 11.9. The molecule has 0 heterocycles. The maximum absolute atomic E-state index is 11.9. The number of hydrogen-bond acceptors (Lipinski definition) is 3. The molecule has 1 aromatic rings. The fraction of sp³-hybridized carbons (Fsp3) is 0.533. The Morgan fingerprint density at radius 1 is 1.40 bits per heavy atom. The number of rotatable bonds is 5. The van der Waals surface area contributed by atoms with Crippen LogP contribution >= 0.6 is 12.4 Å². The molecular weight excluding hydrogens is 276 g/mol.